The van der Waals surface area contributed by atoms with Gasteiger partial charge in [-0.05, 0) is 62.7 Å². The minimum absolute atomic E-state index is 0.115. The van der Waals surface area contributed by atoms with Crippen molar-refractivity contribution in [3.05, 3.63) is 0 Å². The van der Waals surface area contributed by atoms with Crippen molar-refractivity contribution in [1.82, 2.24) is 4.90 Å². The van der Waals surface area contributed by atoms with Crippen molar-refractivity contribution in [3.63, 3.8) is 0 Å². The van der Waals surface area contributed by atoms with Crippen LogP contribution in [0.4, 0.5) is 0 Å². The maximum absolute atomic E-state index is 11.6. The molecule has 0 saturated heterocycles. The zero-order valence-corrected chi connectivity index (χ0v) is 12.8. The number of hydrogen-bond acceptors (Lipinski definition) is 2. The lowest BCUT2D eigenvalue weighted by molar-refractivity contribution is -0.146. The van der Waals surface area contributed by atoms with E-state index in [1.165, 1.54) is 45.2 Å². The van der Waals surface area contributed by atoms with E-state index in [0.717, 1.165) is 37.0 Å². The van der Waals surface area contributed by atoms with E-state index < -0.39 is 5.97 Å². The highest BCUT2D eigenvalue weighted by Gasteiger charge is 2.41. The molecule has 3 aliphatic carbocycles. The summed E-state index contributed by atoms with van der Waals surface area (Å²) < 4.78 is 0. The van der Waals surface area contributed by atoms with Gasteiger partial charge in [0.05, 0.1) is 5.92 Å². The molecule has 0 aromatic carbocycles. The topological polar surface area (TPSA) is 40.5 Å². The maximum Gasteiger partial charge on any atom is 0.308 e. The lowest BCUT2D eigenvalue weighted by Crippen LogP contribution is -2.48. The van der Waals surface area contributed by atoms with Gasteiger partial charge in [0, 0.05) is 19.1 Å². The predicted octanol–water partition coefficient (Wildman–Crippen LogP) is 3.39. The molecule has 1 N–H and O–H groups in total. The van der Waals surface area contributed by atoms with Crippen molar-refractivity contribution in [2.45, 2.75) is 64.3 Å². The third-order valence-electron chi connectivity index (χ3n) is 5.67. The second-order valence-electron chi connectivity index (χ2n) is 7.44. The van der Waals surface area contributed by atoms with Crippen LogP contribution in [0, 0.1) is 23.7 Å². The van der Waals surface area contributed by atoms with Crippen molar-refractivity contribution >= 4 is 5.97 Å². The number of rotatable bonds is 7. The van der Waals surface area contributed by atoms with Gasteiger partial charge in [-0.15, -0.1) is 0 Å². The SMILES string of the molecule is CCC1CCC(C(=O)O)C(N(CC2CC2)CC2CC2)C1. The Morgan fingerprint density at radius 2 is 1.55 bits per heavy atom. The third-order valence-corrected chi connectivity index (χ3v) is 5.67. The Morgan fingerprint density at radius 1 is 1.00 bits per heavy atom. The zero-order chi connectivity index (χ0) is 14.1. The maximum atomic E-state index is 11.6. The molecule has 0 amide bonds. The molecule has 0 heterocycles. The summed E-state index contributed by atoms with van der Waals surface area (Å²) in [5.74, 6) is 1.81. The fourth-order valence-electron chi connectivity index (χ4n) is 3.90. The Morgan fingerprint density at radius 3 is 2.00 bits per heavy atom. The highest BCUT2D eigenvalue weighted by molar-refractivity contribution is 5.71. The molecule has 0 radical (unpaired) electrons. The van der Waals surface area contributed by atoms with E-state index >= 15 is 0 Å². The average molecular weight is 279 g/mol. The summed E-state index contributed by atoms with van der Waals surface area (Å²) in [4.78, 5) is 14.2. The molecular weight excluding hydrogens is 250 g/mol. The zero-order valence-electron chi connectivity index (χ0n) is 12.8. The Balaban J connectivity index is 1.69. The van der Waals surface area contributed by atoms with E-state index in [2.05, 4.69) is 11.8 Å². The molecule has 20 heavy (non-hydrogen) atoms. The first-order valence-corrected chi connectivity index (χ1v) is 8.64. The Bertz CT molecular complexity index is 335. The molecule has 0 bridgehead atoms. The number of aliphatic carboxylic acids is 1. The highest BCUT2D eigenvalue weighted by atomic mass is 16.4. The van der Waals surface area contributed by atoms with E-state index in [9.17, 15) is 9.90 Å². The van der Waals surface area contributed by atoms with Gasteiger partial charge in [0.1, 0.15) is 0 Å². The predicted molar refractivity (Wildman–Crippen MR) is 79.6 cm³/mol. The van der Waals surface area contributed by atoms with Gasteiger partial charge in [0.15, 0.2) is 0 Å². The molecule has 0 aromatic heterocycles. The summed E-state index contributed by atoms with van der Waals surface area (Å²) in [6, 6.07) is 0.312. The third kappa shape index (κ3) is 3.55. The van der Waals surface area contributed by atoms with Crippen LogP contribution in [0.15, 0.2) is 0 Å². The minimum atomic E-state index is -0.554. The molecule has 3 fully saturated rings. The van der Waals surface area contributed by atoms with Crippen molar-refractivity contribution < 1.29 is 9.90 Å². The molecule has 3 saturated carbocycles. The van der Waals surface area contributed by atoms with Crippen molar-refractivity contribution in [1.29, 1.82) is 0 Å². The van der Waals surface area contributed by atoms with Crippen LogP contribution < -0.4 is 0 Å². The number of carboxylic acids is 1. The van der Waals surface area contributed by atoms with Gasteiger partial charge < -0.3 is 5.11 Å². The molecule has 3 unspecified atom stereocenters. The second-order valence-corrected chi connectivity index (χ2v) is 7.44. The smallest absolute Gasteiger partial charge is 0.308 e. The van der Waals surface area contributed by atoms with Gasteiger partial charge in [0.25, 0.3) is 0 Å². The summed E-state index contributed by atoms with van der Waals surface area (Å²) in [5.41, 5.74) is 0. The van der Waals surface area contributed by atoms with Crippen molar-refractivity contribution in [2.75, 3.05) is 13.1 Å². The molecular formula is C17H29NO2. The van der Waals surface area contributed by atoms with Crippen LogP contribution in [-0.2, 0) is 4.79 Å². The molecule has 0 spiro atoms. The van der Waals surface area contributed by atoms with Crippen LogP contribution in [-0.4, -0.2) is 35.1 Å². The van der Waals surface area contributed by atoms with Crippen molar-refractivity contribution in [2.24, 2.45) is 23.7 Å². The summed E-state index contributed by atoms with van der Waals surface area (Å²) in [6.45, 7) is 4.59. The molecule has 0 aliphatic heterocycles. The summed E-state index contributed by atoms with van der Waals surface area (Å²) >= 11 is 0. The summed E-state index contributed by atoms with van der Waals surface area (Å²) in [6.07, 6.45) is 9.79. The molecule has 3 nitrogen and oxygen atoms in total. The van der Waals surface area contributed by atoms with Crippen LogP contribution in [0.2, 0.25) is 0 Å². The monoisotopic (exact) mass is 279 g/mol. The van der Waals surface area contributed by atoms with E-state index in [1.807, 2.05) is 0 Å². The van der Waals surface area contributed by atoms with Gasteiger partial charge in [-0.3, -0.25) is 9.69 Å². The second kappa shape index (κ2) is 6.05. The first-order chi connectivity index (χ1) is 9.67. The van der Waals surface area contributed by atoms with Crippen LogP contribution >= 0.6 is 0 Å². The molecule has 3 aliphatic rings. The normalized spacial score (nSPS) is 34.4. The van der Waals surface area contributed by atoms with Crippen molar-refractivity contribution in [3.8, 4) is 0 Å². The lowest BCUT2D eigenvalue weighted by Gasteiger charge is -2.41. The Kier molecular flexibility index (Phi) is 4.34. The molecule has 114 valence electrons. The molecule has 3 heteroatoms. The van der Waals surface area contributed by atoms with Gasteiger partial charge in [0.2, 0.25) is 0 Å². The molecule has 3 rings (SSSR count). The fraction of sp³-hybridized carbons (Fsp3) is 0.941. The Labute approximate surface area is 122 Å². The van der Waals surface area contributed by atoms with Gasteiger partial charge in [-0.1, -0.05) is 13.3 Å². The number of hydrogen-bond donors (Lipinski definition) is 1. The standard InChI is InChI=1S/C17H29NO2/c1-2-12-7-8-15(17(19)20)16(9-12)18(10-13-3-4-13)11-14-5-6-14/h12-16H,2-11H2,1H3,(H,19,20). The summed E-state index contributed by atoms with van der Waals surface area (Å²) in [7, 11) is 0. The highest BCUT2D eigenvalue weighted by Crippen LogP contribution is 2.40. The van der Waals surface area contributed by atoms with Gasteiger partial charge in [-0.25, -0.2) is 0 Å². The average Bonchev–Trinajstić information content (AvgIpc) is 3.32. The van der Waals surface area contributed by atoms with Crippen LogP contribution in [0.1, 0.15) is 58.3 Å². The number of carbonyl (C=O) groups is 1. The van der Waals surface area contributed by atoms with E-state index in [0.29, 0.717) is 6.04 Å². The van der Waals surface area contributed by atoms with Crippen LogP contribution in [0.25, 0.3) is 0 Å². The molecule has 3 atom stereocenters. The number of carboxylic acid groups (broad SMARTS) is 1. The summed E-state index contributed by atoms with van der Waals surface area (Å²) in [5, 5.41) is 9.59. The van der Waals surface area contributed by atoms with E-state index in [-0.39, 0.29) is 5.92 Å². The number of nitrogens with zero attached hydrogens (tertiary/aromatic N) is 1. The lowest BCUT2D eigenvalue weighted by atomic mass is 9.76. The van der Waals surface area contributed by atoms with Gasteiger partial charge >= 0.3 is 5.97 Å². The quantitative estimate of drug-likeness (QED) is 0.776. The van der Waals surface area contributed by atoms with Crippen LogP contribution in [0.3, 0.4) is 0 Å². The Hall–Kier alpha value is -0.570. The first kappa shape index (κ1) is 14.4. The molecule has 0 aromatic rings. The van der Waals surface area contributed by atoms with Gasteiger partial charge in [-0.2, -0.15) is 0 Å². The minimum Gasteiger partial charge on any atom is -0.481 e. The van der Waals surface area contributed by atoms with E-state index in [4.69, 9.17) is 0 Å². The van der Waals surface area contributed by atoms with Crippen LogP contribution in [0.5, 0.6) is 0 Å². The largest absolute Gasteiger partial charge is 0.481 e. The first-order valence-electron chi connectivity index (χ1n) is 8.64. The van der Waals surface area contributed by atoms with E-state index in [1.54, 1.807) is 0 Å². The fourth-order valence-corrected chi connectivity index (χ4v) is 3.90.